The van der Waals surface area contributed by atoms with Gasteiger partial charge in [-0.2, -0.15) is 10.4 Å². The fourth-order valence-corrected chi connectivity index (χ4v) is 3.77. The van der Waals surface area contributed by atoms with Gasteiger partial charge in [-0.25, -0.2) is 0 Å². The van der Waals surface area contributed by atoms with E-state index in [2.05, 4.69) is 16.1 Å². The molecule has 0 spiro atoms. The van der Waals surface area contributed by atoms with Crippen molar-refractivity contribution in [1.82, 2.24) is 19.6 Å². The molecular formula is C20H23N5O. The molecule has 4 rings (SSSR count). The number of nitriles is 1. The summed E-state index contributed by atoms with van der Waals surface area (Å²) in [6, 6.07) is 9.90. The molecule has 0 bridgehead atoms. The molecule has 0 N–H and O–H groups in total. The lowest BCUT2D eigenvalue weighted by Crippen LogP contribution is -2.48. The second kappa shape index (κ2) is 6.93. The Kier molecular flexibility index (Phi) is 4.48. The summed E-state index contributed by atoms with van der Waals surface area (Å²) in [5.41, 5.74) is 3.09. The maximum Gasteiger partial charge on any atom is 0.226 e. The van der Waals surface area contributed by atoms with Crippen molar-refractivity contribution >= 4 is 5.91 Å². The molecule has 1 aromatic heterocycles. The minimum absolute atomic E-state index is 0.143. The van der Waals surface area contributed by atoms with Gasteiger partial charge >= 0.3 is 0 Å². The van der Waals surface area contributed by atoms with Crippen molar-refractivity contribution < 1.29 is 4.79 Å². The summed E-state index contributed by atoms with van der Waals surface area (Å²) in [5.74, 6) is 0.800. The quantitative estimate of drug-likeness (QED) is 0.843. The Hall–Kier alpha value is -2.65. The smallest absolute Gasteiger partial charge is 0.226 e. The summed E-state index contributed by atoms with van der Waals surface area (Å²) in [6.45, 7) is 4.26. The number of rotatable bonds is 4. The second-order valence-electron chi connectivity index (χ2n) is 7.31. The zero-order valence-electron chi connectivity index (χ0n) is 15.0. The number of carbonyl (C=O) groups is 1. The van der Waals surface area contributed by atoms with Gasteiger partial charge in [-0.05, 0) is 35.6 Å². The van der Waals surface area contributed by atoms with Crippen LogP contribution in [0.25, 0.3) is 0 Å². The number of aryl methyl sites for hydroxylation is 1. The number of piperazine rings is 1. The van der Waals surface area contributed by atoms with Gasteiger partial charge < -0.3 is 4.90 Å². The number of hydrogen-bond donors (Lipinski definition) is 0. The van der Waals surface area contributed by atoms with Crippen LogP contribution in [0.3, 0.4) is 0 Å². The van der Waals surface area contributed by atoms with Gasteiger partial charge in [0.25, 0.3) is 0 Å². The SMILES string of the molecule is Cn1cc([C@@H]2C[C@H]2C(=O)N2CCN(Cc3ccc(C#N)cc3)CC2)cn1. The van der Waals surface area contributed by atoms with Gasteiger partial charge in [-0.1, -0.05) is 12.1 Å². The van der Waals surface area contributed by atoms with E-state index < -0.39 is 0 Å². The molecule has 2 fully saturated rings. The highest BCUT2D eigenvalue weighted by Crippen LogP contribution is 2.48. The summed E-state index contributed by atoms with van der Waals surface area (Å²) in [4.78, 5) is 17.1. The molecular weight excluding hydrogens is 326 g/mol. The Bertz CT molecular complexity index is 827. The first kappa shape index (κ1) is 16.8. The Labute approximate surface area is 153 Å². The molecule has 2 aliphatic rings. The third-order valence-electron chi connectivity index (χ3n) is 5.43. The molecule has 0 radical (unpaired) electrons. The fraction of sp³-hybridized carbons (Fsp3) is 0.450. The molecule has 6 heteroatoms. The third kappa shape index (κ3) is 3.49. The predicted octanol–water partition coefficient (Wildman–Crippen LogP) is 1.74. The van der Waals surface area contributed by atoms with E-state index in [9.17, 15) is 4.79 Å². The van der Waals surface area contributed by atoms with Gasteiger partial charge in [0.2, 0.25) is 5.91 Å². The molecule has 134 valence electrons. The van der Waals surface area contributed by atoms with Crippen molar-refractivity contribution in [2.75, 3.05) is 26.2 Å². The summed E-state index contributed by atoms with van der Waals surface area (Å²) in [7, 11) is 1.91. The molecule has 2 heterocycles. The average molecular weight is 349 g/mol. The van der Waals surface area contributed by atoms with Gasteiger partial charge in [0.1, 0.15) is 0 Å². The zero-order chi connectivity index (χ0) is 18.1. The molecule has 0 unspecified atom stereocenters. The van der Waals surface area contributed by atoms with Crippen molar-refractivity contribution in [2.45, 2.75) is 18.9 Å². The summed E-state index contributed by atoms with van der Waals surface area (Å²) < 4.78 is 1.80. The molecule has 1 amide bonds. The van der Waals surface area contributed by atoms with Crippen molar-refractivity contribution in [1.29, 1.82) is 5.26 Å². The third-order valence-corrected chi connectivity index (χ3v) is 5.43. The van der Waals surface area contributed by atoms with Crippen molar-refractivity contribution in [3.8, 4) is 6.07 Å². The Morgan fingerprint density at radius 1 is 1.23 bits per heavy atom. The fourth-order valence-electron chi connectivity index (χ4n) is 3.77. The van der Waals surface area contributed by atoms with E-state index in [4.69, 9.17) is 5.26 Å². The Balaban J connectivity index is 1.27. The largest absolute Gasteiger partial charge is 0.340 e. The van der Waals surface area contributed by atoms with E-state index in [1.54, 1.807) is 4.68 Å². The van der Waals surface area contributed by atoms with Crippen LogP contribution in [0.4, 0.5) is 0 Å². The minimum Gasteiger partial charge on any atom is -0.340 e. The maximum absolute atomic E-state index is 12.7. The first-order valence-electron chi connectivity index (χ1n) is 9.13. The van der Waals surface area contributed by atoms with Gasteiger partial charge in [0, 0.05) is 51.9 Å². The lowest BCUT2D eigenvalue weighted by molar-refractivity contribution is -0.134. The van der Waals surface area contributed by atoms with Crippen molar-refractivity contribution in [3.63, 3.8) is 0 Å². The Morgan fingerprint density at radius 3 is 2.58 bits per heavy atom. The van der Waals surface area contributed by atoms with E-state index in [-0.39, 0.29) is 5.92 Å². The van der Waals surface area contributed by atoms with E-state index in [1.807, 2.05) is 48.6 Å². The van der Waals surface area contributed by atoms with E-state index >= 15 is 0 Å². The topological polar surface area (TPSA) is 65.2 Å². The standard InChI is InChI=1S/C20H23N5O/c1-23-14-17(12-22-23)18-10-19(18)20(26)25-8-6-24(7-9-25)13-16-4-2-15(11-21)3-5-16/h2-5,12,14,18-19H,6-10,13H2,1H3/t18-,19+/m0/s1. The maximum atomic E-state index is 12.7. The second-order valence-corrected chi connectivity index (χ2v) is 7.31. The molecule has 2 atom stereocenters. The molecule has 1 saturated heterocycles. The monoisotopic (exact) mass is 349 g/mol. The van der Waals surface area contributed by atoms with Crippen LogP contribution in [-0.2, 0) is 18.4 Å². The van der Waals surface area contributed by atoms with Gasteiger partial charge in [0.15, 0.2) is 0 Å². The molecule has 1 aliphatic heterocycles. The minimum atomic E-state index is 0.143. The van der Waals surface area contributed by atoms with Crippen LogP contribution in [0.1, 0.15) is 29.0 Å². The van der Waals surface area contributed by atoms with Crippen LogP contribution in [0, 0.1) is 17.2 Å². The predicted molar refractivity (Wildman–Crippen MR) is 97.1 cm³/mol. The summed E-state index contributed by atoms with van der Waals surface area (Å²) >= 11 is 0. The van der Waals surface area contributed by atoms with E-state index in [1.165, 1.54) is 11.1 Å². The normalized spacial score (nSPS) is 22.8. The van der Waals surface area contributed by atoms with Crippen molar-refractivity contribution in [2.24, 2.45) is 13.0 Å². The lowest BCUT2D eigenvalue weighted by Gasteiger charge is -2.35. The number of nitrogens with zero attached hydrogens (tertiary/aromatic N) is 5. The van der Waals surface area contributed by atoms with Crippen molar-refractivity contribution in [3.05, 3.63) is 53.3 Å². The van der Waals surface area contributed by atoms with Crippen LogP contribution >= 0.6 is 0 Å². The van der Waals surface area contributed by atoms with E-state index in [0.29, 0.717) is 17.4 Å². The van der Waals surface area contributed by atoms with Crippen LogP contribution in [-0.4, -0.2) is 51.7 Å². The zero-order valence-corrected chi connectivity index (χ0v) is 15.0. The number of hydrogen-bond acceptors (Lipinski definition) is 4. The van der Waals surface area contributed by atoms with Gasteiger partial charge in [-0.3, -0.25) is 14.4 Å². The number of amides is 1. The van der Waals surface area contributed by atoms with Crippen LogP contribution in [0.5, 0.6) is 0 Å². The van der Waals surface area contributed by atoms with Crippen LogP contribution < -0.4 is 0 Å². The number of benzene rings is 1. The molecule has 1 aliphatic carbocycles. The van der Waals surface area contributed by atoms with Gasteiger partial charge in [-0.15, -0.1) is 0 Å². The molecule has 1 aromatic carbocycles. The molecule has 26 heavy (non-hydrogen) atoms. The summed E-state index contributed by atoms with van der Waals surface area (Å²) in [6.07, 6.45) is 4.86. The first-order valence-corrected chi connectivity index (χ1v) is 9.13. The highest BCUT2D eigenvalue weighted by Gasteiger charge is 2.46. The molecule has 2 aromatic rings. The number of carbonyl (C=O) groups excluding carboxylic acids is 1. The highest BCUT2D eigenvalue weighted by molar-refractivity contribution is 5.83. The van der Waals surface area contributed by atoms with Crippen LogP contribution in [0.2, 0.25) is 0 Å². The molecule has 1 saturated carbocycles. The lowest BCUT2D eigenvalue weighted by atomic mass is 10.1. The average Bonchev–Trinajstić information content (AvgIpc) is 3.36. The van der Waals surface area contributed by atoms with E-state index in [0.717, 1.165) is 39.1 Å². The molecule has 6 nitrogen and oxygen atoms in total. The summed E-state index contributed by atoms with van der Waals surface area (Å²) in [5, 5.41) is 13.1. The van der Waals surface area contributed by atoms with Crippen LogP contribution in [0.15, 0.2) is 36.7 Å². The Morgan fingerprint density at radius 2 is 1.96 bits per heavy atom. The van der Waals surface area contributed by atoms with Gasteiger partial charge in [0.05, 0.1) is 17.8 Å². The first-order chi connectivity index (χ1) is 12.6. The highest BCUT2D eigenvalue weighted by atomic mass is 16.2. The number of aromatic nitrogens is 2.